The number of nitrogens with one attached hydrogen (secondary N) is 1. The van der Waals surface area contributed by atoms with Crippen LogP contribution in [0.3, 0.4) is 0 Å². The third-order valence-electron chi connectivity index (χ3n) is 2.63. The fraction of sp³-hybridized carbons (Fsp3) is 0.308. The fourth-order valence-electron chi connectivity index (χ4n) is 1.73. The molecular formula is C13H14N2O3S. The van der Waals surface area contributed by atoms with Gasteiger partial charge in [-0.2, -0.15) is 11.8 Å². The summed E-state index contributed by atoms with van der Waals surface area (Å²) in [7, 11) is 0. The molecule has 2 N–H and O–H groups in total. The zero-order chi connectivity index (χ0) is 13.8. The van der Waals surface area contributed by atoms with E-state index in [1.807, 2.05) is 13.0 Å². The number of hydrogen-bond donors (Lipinski definition) is 2. The van der Waals surface area contributed by atoms with E-state index in [0.717, 1.165) is 0 Å². The molecule has 0 spiro atoms. The molecule has 6 heteroatoms. The zero-order valence-corrected chi connectivity index (χ0v) is 11.2. The van der Waals surface area contributed by atoms with E-state index >= 15 is 0 Å². The molecule has 0 radical (unpaired) electrons. The molecule has 0 fully saturated rings. The first-order valence-electron chi connectivity index (χ1n) is 5.87. The third-order valence-corrected chi connectivity index (χ3v) is 3.80. The number of aromatic nitrogens is 2. The van der Waals surface area contributed by atoms with Gasteiger partial charge in [0.25, 0.3) is 5.56 Å². The topological polar surface area (TPSA) is 83.0 Å². The van der Waals surface area contributed by atoms with Crippen LogP contribution in [0.2, 0.25) is 0 Å². The second kappa shape index (κ2) is 5.88. The first-order chi connectivity index (χ1) is 9.06. The highest BCUT2D eigenvalue weighted by atomic mass is 32.2. The van der Waals surface area contributed by atoms with Crippen LogP contribution in [0.25, 0.3) is 10.9 Å². The maximum atomic E-state index is 11.8. The van der Waals surface area contributed by atoms with E-state index in [2.05, 4.69) is 9.97 Å². The molecule has 100 valence electrons. The zero-order valence-electron chi connectivity index (χ0n) is 10.4. The molecule has 0 aliphatic heterocycles. The first-order valence-corrected chi connectivity index (χ1v) is 6.92. The molecule has 0 aliphatic rings. The minimum absolute atomic E-state index is 0.0192. The summed E-state index contributed by atoms with van der Waals surface area (Å²) < 4.78 is 0. The maximum Gasteiger partial charge on any atom is 0.304 e. The van der Waals surface area contributed by atoms with E-state index in [0.29, 0.717) is 22.5 Å². The number of carboxylic acids is 1. The van der Waals surface area contributed by atoms with Crippen molar-refractivity contribution >= 4 is 28.6 Å². The van der Waals surface area contributed by atoms with Gasteiger partial charge in [0.15, 0.2) is 0 Å². The van der Waals surface area contributed by atoms with Crippen LogP contribution >= 0.6 is 11.8 Å². The summed E-state index contributed by atoms with van der Waals surface area (Å²) in [6.45, 7) is 1.85. The number of hydrogen-bond acceptors (Lipinski definition) is 4. The van der Waals surface area contributed by atoms with Crippen molar-refractivity contribution in [2.45, 2.75) is 24.3 Å². The van der Waals surface area contributed by atoms with E-state index in [1.165, 1.54) is 11.8 Å². The normalized spacial score (nSPS) is 12.5. The lowest BCUT2D eigenvalue weighted by atomic mass is 10.2. The maximum absolute atomic E-state index is 11.8. The lowest BCUT2D eigenvalue weighted by Crippen LogP contribution is -2.12. The SMILES string of the molecule is CC(CC(=O)O)SCc1nc2ccccc2c(=O)[nH]1. The Morgan fingerprint density at radius 1 is 1.47 bits per heavy atom. The monoisotopic (exact) mass is 278 g/mol. The van der Waals surface area contributed by atoms with E-state index in [4.69, 9.17) is 5.11 Å². The summed E-state index contributed by atoms with van der Waals surface area (Å²) in [4.78, 5) is 29.5. The number of aromatic amines is 1. The van der Waals surface area contributed by atoms with E-state index in [-0.39, 0.29) is 17.2 Å². The molecule has 1 unspecified atom stereocenters. The number of thioether (sulfide) groups is 1. The minimum atomic E-state index is -0.819. The Labute approximate surface area is 114 Å². The molecule has 5 nitrogen and oxygen atoms in total. The Balaban J connectivity index is 2.13. The average Bonchev–Trinajstić information content (AvgIpc) is 2.36. The van der Waals surface area contributed by atoms with Gasteiger partial charge in [0.1, 0.15) is 5.82 Å². The van der Waals surface area contributed by atoms with Crippen LogP contribution in [0.5, 0.6) is 0 Å². The van der Waals surface area contributed by atoms with Gasteiger partial charge >= 0.3 is 5.97 Å². The predicted molar refractivity (Wildman–Crippen MR) is 75.4 cm³/mol. The van der Waals surface area contributed by atoms with Gasteiger partial charge < -0.3 is 10.1 Å². The Hall–Kier alpha value is -1.82. The van der Waals surface area contributed by atoms with Crippen molar-refractivity contribution in [1.82, 2.24) is 9.97 Å². The molecule has 1 atom stereocenters. The van der Waals surface area contributed by atoms with Gasteiger partial charge in [-0.1, -0.05) is 19.1 Å². The summed E-state index contributed by atoms with van der Waals surface area (Å²) in [5.74, 6) is 0.250. The quantitative estimate of drug-likeness (QED) is 0.874. The van der Waals surface area contributed by atoms with E-state index < -0.39 is 5.97 Å². The molecule has 0 saturated carbocycles. The highest BCUT2D eigenvalue weighted by Gasteiger charge is 2.10. The predicted octanol–water partition coefficient (Wildman–Crippen LogP) is 2.02. The van der Waals surface area contributed by atoms with Gasteiger partial charge in [-0.15, -0.1) is 0 Å². The number of nitrogens with zero attached hydrogens (tertiary/aromatic N) is 1. The largest absolute Gasteiger partial charge is 0.481 e. The highest BCUT2D eigenvalue weighted by Crippen LogP contribution is 2.18. The highest BCUT2D eigenvalue weighted by molar-refractivity contribution is 7.99. The smallest absolute Gasteiger partial charge is 0.304 e. The number of fused-ring (bicyclic) bond motifs is 1. The Kier molecular flexibility index (Phi) is 4.21. The molecule has 0 aliphatic carbocycles. The van der Waals surface area contributed by atoms with Crippen molar-refractivity contribution in [3.63, 3.8) is 0 Å². The molecule has 0 saturated heterocycles. The number of carboxylic acid groups (broad SMARTS) is 1. The summed E-state index contributed by atoms with van der Waals surface area (Å²) in [5, 5.41) is 9.23. The van der Waals surface area contributed by atoms with Crippen LogP contribution in [0, 0.1) is 0 Å². The van der Waals surface area contributed by atoms with Crippen LogP contribution in [-0.4, -0.2) is 26.3 Å². The van der Waals surface area contributed by atoms with Crippen molar-refractivity contribution in [2.24, 2.45) is 0 Å². The summed E-state index contributed by atoms with van der Waals surface area (Å²) in [6.07, 6.45) is 0.0997. The number of para-hydroxylation sites is 1. The summed E-state index contributed by atoms with van der Waals surface area (Å²) in [6, 6.07) is 7.14. The summed E-state index contributed by atoms with van der Waals surface area (Å²) in [5.41, 5.74) is 0.500. The van der Waals surface area contributed by atoms with Gasteiger partial charge in [-0.05, 0) is 12.1 Å². The summed E-state index contributed by atoms with van der Waals surface area (Å²) >= 11 is 1.46. The van der Waals surface area contributed by atoms with Crippen molar-refractivity contribution in [3.8, 4) is 0 Å². The van der Waals surface area contributed by atoms with Gasteiger partial charge in [-0.3, -0.25) is 9.59 Å². The van der Waals surface area contributed by atoms with Gasteiger partial charge in [-0.25, -0.2) is 4.98 Å². The van der Waals surface area contributed by atoms with Crippen molar-refractivity contribution in [3.05, 3.63) is 40.4 Å². The lowest BCUT2D eigenvalue weighted by Gasteiger charge is -2.08. The average molecular weight is 278 g/mol. The molecule has 1 heterocycles. The Morgan fingerprint density at radius 2 is 2.21 bits per heavy atom. The third kappa shape index (κ3) is 3.57. The van der Waals surface area contributed by atoms with Crippen LogP contribution in [0.4, 0.5) is 0 Å². The van der Waals surface area contributed by atoms with Gasteiger partial charge in [0.05, 0.1) is 23.1 Å². The second-order valence-electron chi connectivity index (χ2n) is 4.25. The lowest BCUT2D eigenvalue weighted by molar-refractivity contribution is -0.136. The molecule has 2 aromatic rings. The van der Waals surface area contributed by atoms with Crippen LogP contribution < -0.4 is 5.56 Å². The number of carbonyl (C=O) groups is 1. The van der Waals surface area contributed by atoms with Gasteiger partial charge in [0, 0.05) is 5.25 Å². The minimum Gasteiger partial charge on any atom is -0.481 e. The number of aliphatic carboxylic acids is 1. The molecule has 2 rings (SSSR count). The molecular weight excluding hydrogens is 264 g/mol. The molecule has 0 bridgehead atoms. The van der Waals surface area contributed by atoms with Gasteiger partial charge in [0.2, 0.25) is 0 Å². The number of rotatable bonds is 5. The van der Waals surface area contributed by atoms with Crippen molar-refractivity contribution in [2.75, 3.05) is 0 Å². The standard InChI is InChI=1S/C13H14N2O3S/c1-8(6-12(16)17)19-7-11-14-10-5-3-2-4-9(10)13(18)15-11/h2-5,8H,6-7H2,1H3,(H,16,17)(H,14,15,18). The number of benzene rings is 1. The van der Waals surface area contributed by atoms with Crippen molar-refractivity contribution in [1.29, 1.82) is 0 Å². The van der Waals surface area contributed by atoms with E-state index in [1.54, 1.807) is 18.2 Å². The van der Waals surface area contributed by atoms with E-state index in [9.17, 15) is 9.59 Å². The van der Waals surface area contributed by atoms with Crippen LogP contribution in [0.15, 0.2) is 29.1 Å². The van der Waals surface area contributed by atoms with Crippen LogP contribution in [0.1, 0.15) is 19.2 Å². The number of H-pyrrole nitrogens is 1. The Morgan fingerprint density at radius 3 is 2.95 bits per heavy atom. The Bertz CT molecular complexity index is 654. The van der Waals surface area contributed by atoms with Crippen molar-refractivity contribution < 1.29 is 9.90 Å². The molecule has 19 heavy (non-hydrogen) atoms. The fourth-order valence-corrected chi connectivity index (χ4v) is 2.57. The van der Waals surface area contributed by atoms with Crippen LogP contribution in [-0.2, 0) is 10.5 Å². The first kappa shape index (κ1) is 13.6. The molecule has 1 aromatic heterocycles. The molecule has 1 aromatic carbocycles. The second-order valence-corrected chi connectivity index (χ2v) is 5.68. The molecule has 0 amide bonds.